The Morgan fingerprint density at radius 1 is 0.377 bits per heavy atom. The Bertz CT molecular complexity index is 813. The molecule has 0 aromatic rings. The lowest BCUT2D eigenvalue weighted by Crippen LogP contribution is -2.30. The van der Waals surface area contributed by atoms with Gasteiger partial charge in [-0.3, -0.25) is 14.4 Å². The van der Waals surface area contributed by atoms with Gasteiger partial charge in [0.1, 0.15) is 13.2 Å². The Morgan fingerprint density at radius 3 is 0.981 bits per heavy atom. The van der Waals surface area contributed by atoms with E-state index in [0.29, 0.717) is 19.3 Å². The molecule has 0 aromatic carbocycles. The molecule has 0 rings (SSSR count). The smallest absolute Gasteiger partial charge is 0.306 e. The molecule has 0 N–H and O–H groups in total. The van der Waals surface area contributed by atoms with Crippen LogP contribution in [0.15, 0.2) is 0 Å². The van der Waals surface area contributed by atoms with Crippen molar-refractivity contribution in [3.63, 3.8) is 0 Å². The van der Waals surface area contributed by atoms with Gasteiger partial charge in [0, 0.05) is 19.3 Å². The predicted molar refractivity (Wildman–Crippen MR) is 224 cm³/mol. The van der Waals surface area contributed by atoms with Crippen molar-refractivity contribution in [2.24, 2.45) is 11.8 Å². The molecule has 0 aliphatic rings. The Hall–Kier alpha value is -1.59. The lowest BCUT2D eigenvalue weighted by atomic mass is 9.99. The summed E-state index contributed by atoms with van der Waals surface area (Å²) in [4.78, 5) is 37.6. The van der Waals surface area contributed by atoms with E-state index >= 15 is 0 Å². The summed E-state index contributed by atoms with van der Waals surface area (Å²) < 4.78 is 16.7. The monoisotopic (exact) mass is 751 g/mol. The molecule has 6 heteroatoms. The second kappa shape index (κ2) is 40.1. The fourth-order valence-electron chi connectivity index (χ4n) is 6.86. The number of esters is 3. The average molecular weight is 751 g/mol. The van der Waals surface area contributed by atoms with E-state index in [1.165, 1.54) is 141 Å². The first-order valence-electron chi connectivity index (χ1n) is 23.3. The second-order valence-corrected chi connectivity index (χ2v) is 16.5. The average Bonchev–Trinajstić information content (AvgIpc) is 3.15. The fourth-order valence-corrected chi connectivity index (χ4v) is 6.86. The van der Waals surface area contributed by atoms with Crippen molar-refractivity contribution >= 4 is 17.9 Å². The largest absolute Gasteiger partial charge is 0.462 e. The quantitative estimate of drug-likeness (QED) is 0.0352. The van der Waals surface area contributed by atoms with Gasteiger partial charge in [-0.25, -0.2) is 0 Å². The zero-order chi connectivity index (χ0) is 39.0. The molecule has 0 aromatic heterocycles. The van der Waals surface area contributed by atoms with E-state index in [2.05, 4.69) is 34.6 Å². The number of hydrogen-bond acceptors (Lipinski definition) is 6. The number of unbranched alkanes of at least 4 members (excludes halogenated alkanes) is 24. The summed E-state index contributed by atoms with van der Waals surface area (Å²) in [5, 5.41) is 0. The third-order valence-electron chi connectivity index (χ3n) is 11.2. The number of carbonyl (C=O) groups excluding carboxylic acids is 3. The molecule has 53 heavy (non-hydrogen) atoms. The maximum absolute atomic E-state index is 12.7. The first kappa shape index (κ1) is 51.4. The summed E-state index contributed by atoms with van der Waals surface area (Å²) in [5.41, 5.74) is 0. The van der Waals surface area contributed by atoms with Gasteiger partial charge in [-0.1, -0.05) is 214 Å². The zero-order valence-corrected chi connectivity index (χ0v) is 36.1. The molecule has 0 aliphatic heterocycles. The highest BCUT2D eigenvalue weighted by atomic mass is 16.6. The van der Waals surface area contributed by atoms with Gasteiger partial charge in [0.15, 0.2) is 6.10 Å². The minimum atomic E-state index is -0.760. The number of carbonyl (C=O) groups is 3. The van der Waals surface area contributed by atoms with E-state index < -0.39 is 6.10 Å². The second-order valence-electron chi connectivity index (χ2n) is 16.5. The molecule has 6 nitrogen and oxygen atoms in total. The van der Waals surface area contributed by atoms with E-state index in [9.17, 15) is 14.4 Å². The summed E-state index contributed by atoms with van der Waals surface area (Å²) in [6.07, 6.45) is 38.1. The number of ether oxygens (including phenoxy) is 3. The molecule has 0 bridgehead atoms. The van der Waals surface area contributed by atoms with Gasteiger partial charge >= 0.3 is 17.9 Å². The standard InChI is InChI=1S/C47H90O6/c1-6-9-10-11-20-27-32-37-45(48)51-40-44(53-47(50)39-34-29-24-23-26-31-36-43(5)8-3)41-52-46(49)38-33-28-22-19-17-15-13-12-14-16-18-21-25-30-35-42(4)7-2/h42-44H,6-41H2,1-5H3/t42?,43?,44-/m1/s1. The molecule has 0 fully saturated rings. The van der Waals surface area contributed by atoms with Crippen molar-refractivity contribution in [3.8, 4) is 0 Å². The summed E-state index contributed by atoms with van der Waals surface area (Å²) in [6.45, 7) is 11.3. The van der Waals surface area contributed by atoms with Crippen molar-refractivity contribution in [1.82, 2.24) is 0 Å². The first-order valence-corrected chi connectivity index (χ1v) is 23.3. The SMILES string of the molecule is CCCCCCCCCC(=O)OC[C@H](COC(=O)CCCCCCCCCCCCCCCCC(C)CC)OC(=O)CCCCCCCCC(C)CC. The van der Waals surface area contributed by atoms with Crippen molar-refractivity contribution in [1.29, 1.82) is 0 Å². The Kier molecular flexibility index (Phi) is 38.9. The summed E-state index contributed by atoms with van der Waals surface area (Å²) in [7, 11) is 0. The minimum absolute atomic E-state index is 0.0658. The van der Waals surface area contributed by atoms with E-state index in [1.54, 1.807) is 0 Å². The number of hydrogen-bond donors (Lipinski definition) is 0. The molecule has 0 radical (unpaired) electrons. The van der Waals surface area contributed by atoms with Crippen LogP contribution in [0.3, 0.4) is 0 Å². The van der Waals surface area contributed by atoms with Crippen LogP contribution in [0.2, 0.25) is 0 Å². The zero-order valence-electron chi connectivity index (χ0n) is 36.1. The third kappa shape index (κ3) is 38.5. The van der Waals surface area contributed by atoms with Gasteiger partial charge < -0.3 is 14.2 Å². The van der Waals surface area contributed by atoms with Gasteiger partial charge in [0.05, 0.1) is 0 Å². The highest BCUT2D eigenvalue weighted by Gasteiger charge is 2.19. The Labute approximate surface area is 329 Å². The molecule has 0 heterocycles. The van der Waals surface area contributed by atoms with Crippen LogP contribution >= 0.6 is 0 Å². The van der Waals surface area contributed by atoms with Crippen molar-refractivity contribution in [2.75, 3.05) is 13.2 Å². The van der Waals surface area contributed by atoms with E-state index in [4.69, 9.17) is 14.2 Å². The highest BCUT2D eigenvalue weighted by molar-refractivity contribution is 5.71. The van der Waals surface area contributed by atoms with Crippen LogP contribution in [0.25, 0.3) is 0 Å². The molecule has 0 saturated carbocycles. The van der Waals surface area contributed by atoms with E-state index in [-0.39, 0.29) is 31.1 Å². The van der Waals surface area contributed by atoms with Gasteiger partial charge in [-0.15, -0.1) is 0 Å². The number of rotatable bonds is 41. The van der Waals surface area contributed by atoms with Crippen LogP contribution in [0.5, 0.6) is 0 Å². The predicted octanol–water partition coefficient (Wildman–Crippen LogP) is 14.6. The summed E-state index contributed by atoms with van der Waals surface area (Å²) >= 11 is 0. The van der Waals surface area contributed by atoms with Gasteiger partial charge in [-0.2, -0.15) is 0 Å². The van der Waals surface area contributed by atoms with Crippen LogP contribution in [0, 0.1) is 11.8 Å². The summed E-state index contributed by atoms with van der Waals surface area (Å²) in [6, 6.07) is 0. The first-order chi connectivity index (χ1) is 25.8. The van der Waals surface area contributed by atoms with Crippen LogP contribution in [-0.2, 0) is 28.6 Å². The van der Waals surface area contributed by atoms with Gasteiger partial charge in [0.25, 0.3) is 0 Å². The van der Waals surface area contributed by atoms with Crippen molar-refractivity contribution in [2.45, 2.75) is 259 Å². The molecule has 0 saturated heterocycles. The topological polar surface area (TPSA) is 78.9 Å². The van der Waals surface area contributed by atoms with E-state index in [0.717, 1.165) is 69.6 Å². The van der Waals surface area contributed by atoms with E-state index in [1.807, 2.05) is 0 Å². The lowest BCUT2D eigenvalue weighted by Gasteiger charge is -2.18. The van der Waals surface area contributed by atoms with Gasteiger partial charge in [0.2, 0.25) is 0 Å². The molecule has 3 atom stereocenters. The maximum Gasteiger partial charge on any atom is 0.306 e. The molecular formula is C47H90O6. The van der Waals surface area contributed by atoms with Crippen molar-refractivity contribution in [3.05, 3.63) is 0 Å². The van der Waals surface area contributed by atoms with Crippen LogP contribution < -0.4 is 0 Å². The third-order valence-corrected chi connectivity index (χ3v) is 11.2. The molecule has 2 unspecified atom stereocenters. The molecule has 0 aliphatic carbocycles. The van der Waals surface area contributed by atoms with Crippen molar-refractivity contribution < 1.29 is 28.6 Å². The van der Waals surface area contributed by atoms with Crippen LogP contribution in [0.1, 0.15) is 253 Å². The Balaban J connectivity index is 4.20. The maximum atomic E-state index is 12.7. The fraction of sp³-hybridized carbons (Fsp3) is 0.936. The molecule has 314 valence electrons. The Morgan fingerprint density at radius 2 is 0.660 bits per heavy atom. The lowest BCUT2D eigenvalue weighted by molar-refractivity contribution is -0.167. The normalized spacial score (nSPS) is 13.1. The summed E-state index contributed by atoms with van der Waals surface area (Å²) in [5.74, 6) is 0.840. The molecular weight excluding hydrogens is 661 g/mol. The highest BCUT2D eigenvalue weighted by Crippen LogP contribution is 2.18. The van der Waals surface area contributed by atoms with Gasteiger partial charge in [-0.05, 0) is 31.1 Å². The molecule has 0 amide bonds. The van der Waals surface area contributed by atoms with Crippen LogP contribution in [-0.4, -0.2) is 37.2 Å². The minimum Gasteiger partial charge on any atom is -0.462 e. The van der Waals surface area contributed by atoms with Crippen LogP contribution in [0.4, 0.5) is 0 Å². The molecule has 0 spiro atoms.